The number of carbonyl (C=O) groups excluding carboxylic acids is 1. The van der Waals surface area contributed by atoms with Gasteiger partial charge in [0, 0.05) is 23.9 Å². The Morgan fingerprint density at radius 2 is 2.16 bits per heavy atom. The maximum atomic E-state index is 11.6. The first-order valence-corrected chi connectivity index (χ1v) is 5.42. The van der Waals surface area contributed by atoms with Crippen molar-refractivity contribution in [3.05, 3.63) is 64.6 Å². The molecule has 0 aliphatic carbocycles. The average molecular weight is 258 g/mol. The van der Waals surface area contributed by atoms with Gasteiger partial charge in [0.1, 0.15) is 5.76 Å². The number of anilines is 1. The summed E-state index contributed by atoms with van der Waals surface area (Å²) >= 11 is 0. The first-order chi connectivity index (χ1) is 9.15. The van der Waals surface area contributed by atoms with Gasteiger partial charge in [-0.3, -0.25) is 14.9 Å². The smallest absolute Gasteiger partial charge is 0.271 e. The second-order valence-electron chi connectivity index (χ2n) is 3.65. The highest BCUT2D eigenvalue weighted by Gasteiger charge is 2.06. The fourth-order valence-corrected chi connectivity index (χ4v) is 1.43. The zero-order chi connectivity index (χ0) is 13.7. The van der Waals surface area contributed by atoms with Gasteiger partial charge in [0.05, 0.1) is 11.2 Å². The first-order valence-electron chi connectivity index (χ1n) is 5.42. The lowest BCUT2D eigenvalue weighted by Gasteiger charge is -2.01. The third-order valence-corrected chi connectivity index (χ3v) is 2.27. The van der Waals surface area contributed by atoms with Crippen molar-refractivity contribution >= 4 is 23.4 Å². The molecule has 0 saturated heterocycles. The molecule has 1 aromatic heterocycles. The number of nitrogens with zero attached hydrogens (tertiary/aromatic N) is 1. The van der Waals surface area contributed by atoms with Gasteiger partial charge in [-0.05, 0) is 24.3 Å². The van der Waals surface area contributed by atoms with Crippen molar-refractivity contribution in [2.75, 3.05) is 5.32 Å². The minimum Gasteiger partial charge on any atom is -0.465 e. The SMILES string of the molecule is O=C(C=Cc1ccco1)Nc1cccc([N+](=O)[O-])c1. The summed E-state index contributed by atoms with van der Waals surface area (Å²) in [5.74, 6) is 0.158. The van der Waals surface area contributed by atoms with Crippen molar-refractivity contribution in [3.63, 3.8) is 0 Å². The van der Waals surface area contributed by atoms with Gasteiger partial charge in [0.15, 0.2) is 0 Å². The molecule has 0 spiro atoms. The summed E-state index contributed by atoms with van der Waals surface area (Å²) in [6, 6.07) is 9.14. The Balaban J connectivity index is 2.03. The number of nitrogens with one attached hydrogen (secondary N) is 1. The van der Waals surface area contributed by atoms with Gasteiger partial charge >= 0.3 is 0 Å². The Bertz CT molecular complexity index is 617. The summed E-state index contributed by atoms with van der Waals surface area (Å²) in [5, 5.41) is 13.1. The monoisotopic (exact) mass is 258 g/mol. The van der Waals surface area contributed by atoms with E-state index in [-0.39, 0.29) is 5.69 Å². The molecule has 0 fully saturated rings. The second-order valence-corrected chi connectivity index (χ2v) is 3.65. The summed E-state index contributed by atoms with van der Waals surface area (Å²) in [4.78, 5) is 21.6. The van der Waals surface area contributed by atoms with E-state index in [9.17, 15) is 14.9 Å². The number of benzene rings is 1. The largest absolute Gasteiger partial charge is 0.465 e. The van der Waals surface area contributed by atoms with Crippen molar-refractivity contribution < 1.29 is 14.1 Å². The summed E-state index contributed by atoms with van der Waals surface area (Å²) in [7, 11) is 0. The zero-order valence-corrected chi connectivity index (χ0v) is 9.78. The number of furan rings is 1. The van der Waals surface area contributed by atoms with Crippen LogP contribution in [0.15, 0.2) is 53.2 Å². The molecular weight excluding hydrogens is 248 g/mol. The van der Waals surface area contributed by atoms with Crippen LogP contribution in [0.1, 0.15) is 5.76 Å². The molecule has 0 bridgehead atoms. The van der Waals surface area contributed by atoms with E-state index in [1.165, 1.54) is 36.6 Å². The number of nitro benzene ring substituents is 1. The lowest BCUT2D eigenvalue weighted by molar-refractivity contribution is -0.384. The average Bonchev–Trinajstić information content (AvgIpc) is 2.90. The molecular formula is C13H10N2O4. The fraction of sp³-hybridized carbons (Fsp3) is 0. The quantitative estimate of drug-likeness (QED) is 0.519. The number of non-ortho nitro benzene ring substituents is 1. The van der Waals surface area contributed by atoms with E-state index in [4.69, 9.17) is 4.42 Å². The molecule has 6 heteroatoms. The summed E-state index contributed by atoms with van der Waals surface area (Å²) in [6.07, 6.45) is 4.29. The predicted octanol–water partition coefficient (Wildman–Crippen LogP) is 2.84. The third-order valence-electron chi connectivity index (χ3n) is 2.27. The number of hydrogen-bond donors (Lipinski definition) is 1. The standard InChI is InChI=1S/C13H10N2O4/c16-13(7-6-12-5-2-8-19-12)14-10-3-1-4-11(9-10)15(17)18/h1-9H,(H,14,16). The van der Waals surface area contributed by atoms with Gasteiger partial charge < -0.3 is 9.73 Å². The molecule has 0 radical (unpaired) electrons. The topological polar surface area (TPSA) is 85.4 Å². The predicted molar refractivity (Wildman–Crippen MR) is 69.5 cm³/mol. The second kappa shape index (κ2) is 5.63. The maximum Gasteiger partial charge on any atom is 0.271 e. The number of hydrogen-bond acceptors (Lipinski definition) is 4. The maximum absolute atomic E-state index is 11.6. The van der Waals surface area contributed by atoms with Crippen LogP contribution in [0.5, 0.6) is 0 Å². The highest BCUT2D eigenvalue weighted by atomic mass is 16.6. The molecule has 1 aromatic carbocycles. The third kappa shape index (κ3) is 3.53. The van der Waals surface area contributed by atoms with Crippen molar-refractivity contribution in [1.82, 2.24) is 0 Å². The molecule has 96 valence electrons. The van der Waals surface area contributed by atoms with E-state index in [1.54, 1.807) is 18.2 Å². The lowest BCUT2D eigenvalue weighted by Crippen LogP contribution is -2.07. The van der Waals surface area contributed by atoms with Crippen LogP contribution in [0.25, 0.3) is 6.08 Å². The van der Waals surface area contributed by atoms with Crippen LogP contribution in [-0.2, 0) is 4.79 Å². The number of nitro groups is 1. The fourth-order valence-electron chi connectivity index (χ4n) is 1.43. The molecule has 2 aromatic rings. The van der Waals surface area contributed by atoms with Gasteiger partial charge in [-0.15, -0.1) is 0 Å². The number of carbonyl (C=O) groups is 1. The van der Waals surface area contributed by atoms with Crippen LogP contribution in [0, 0.1) is 10.1 Å². The normalized spacial score (nSPS) is 10.5. The van der Waals surface area contributed by atoms with Crippen LogP contribution in [-0.4, -0.2) is 10.8 Å². The molecule has 1 amide bonds. The van der Waals surface area contributed by atoms with Crippen molar-refractivity contribution in [1.29, 1.82) is 0 Å². The van der Waals surface area contributed by atoms with Gasteiger partial charge in [-0.2, -0.15) is 0 Å². The number of amides is 1. The van der Waals surface area contributed by atoms with E-state index in [0.717, 1.165) is 0 Å². The Kier molecular flexibility index (Phi) is 3.72. The lowest BCUT2D eigenvalue weighted by atomic mass is 10.3. The molecule has 0 saturated carbocycles. The highest BCUT2D eigenvalue weighted by Crippen LogP contribution is 2.17. The first kappa shape index (κ1) is 12.6. The Morgan fingerprint density at radius 3 is 2.84 bits per heavy atom. The van der Waals surface area contributed by atoms with Crippen molar-refractivity contribution in [2.24, 2.45) is 0 Å². The summed E-state index contributed by atoms with van der Waals surface area (Å²) in [5.41, 5.74) is 0.288. The van der Waals surface area contributed by atoms with Crippen LogP contribution < -0.4 is 5.32 Å². The van der Waals surface area contributed by atoms with E-state index in [2.05, 4.69) is 5.32 Å². The molecule has 19 heavy (non-hydrogen) atoms. The van der Waals surface area contributed by atoms with Crippen LogP contribution in [0.3, 0.4) is 0 Å². The van der Waals surface area contributed by atoms with Crippen molar-refractivity contribution in [3.8, 4) is 0 Å². The van der Waals surface area contributed by atoms with Gasteiger partial charge in [-0.1, -0.05) is 6.07 Å². The van der Waals surface area contributed by atoms with Crippen LogP contribution in [0.2, 0.25) is 0 Å². The van der Waals surface area contributed by atoms with Crippen LogP contribution in [0.4, 0.5) is 11.4 Å². The Hall–Kier alpha value is -2.89. The Labute approximate surface area is 108 Å². The molecule has 0 aliphatic rings. The molecule has 1 heterocycles. The molecule has 0 unspecified atom stereocenters. The van der Waals surface area contributed by atoms with E-state index >= 15 is 0 Å². The molecule has 0 atom stereocenters. The highest BCUT2D eigenvalue weighted by molar-refractivity contribution is 6.01. The van der Waals surface area contributed by atoms with E-state index < -0.39 is 10.8 Å². The Morgan fingerprint density at radius 1 is 1.32 bits per heavy atom. The molecule has 2 rings (SSSR count). The van der Waals surface area contributed by atoms with Crippen LogP contribution >= 0.6 is 0 Å². The summed E-state index contributed by atoms with van der Waals surface area (Å²) < 4.78 is 5.03. The van der Waals surface area contributed by atoms with Crippen molar-refractivity contribution in [2.45, 2.75) is 0 Å². The molecule has 0 aliphatic heterocycles. The molecule has 1 N–H and O–H groups in total. The minimum absolute atomic E-state index is 0.0761. The number of rotatable bonds is 4. The molecule has 6 nitrogen and oxygen atoms in total. The van der Waals surface area contributed by atoms with E-state index in [1.807, 2.05) is 0 Å². The van der Waals surface area contributed by atoms with Gasteiger partial charge in [-0.25, -0.2) is 0 Å². The van der Waals surface area contributed by atoms with E-state index in [0.29, 0.717) is 11.4 Å². The minimum atomic E-state index is -0.519. The summed E-state index contributed by atoms with van der Waals surface area (Å²) in [6.45, 7) is 0. The van der Waals surface area contributed by atoms with Gasteiger partial charge in [0.25, 0.3) is 5.69 Å². The zero-order valence-electron chi connectivity index (χ0n) is 9.78. The van der Waals surface area contributed by atoms with Gasteiger partial charge in [0.2, 0.25) is 5.91 Å².